The van der Waals surface area contributed by atoms with E-state index in [1.165, 1.54) is 11.1 Å². The van der Waals surface area contributed by atoms with Gasteiger partial charge in [0.1, 0.15) is 0 Å². The average Bonchev–Trinajstić information content (AvgIpc) is 3.72. The van der Waals surface area contributed by atoms with Gasteiger partial charge in [0.05, 0.1) is 28.3 Å². The first-order chi connectivity index (χ1) is 32.2. The predicted molar refractivity (Wildman–Crippen MR) is 274 cm³/mol. The molecule has 0 amide bonds. The molecule has 10 aromatic rings. The second-order valence-electron chi connectivity index (χ2n) is 16.4. The topological polar surface area (TPSA) is 21.1 Å². The minimum absolute atomic E-state index is 0.648. The van der Waals surface area contributed by atoms with Crippen LogP contribution in [0.4, 0.5) is 11.4 Å². The molecule has 0 radical (unpaired) electrons. The molecule has 0 spiro atoms. The highest BCUT2D eigenvalue weighted by Crippen LogP contribution is 2.46. The Balaban J connectivity index is 1.13. The van der Waals surface area contributed by atoms with Crippen LogP contribution in [0.25, 0.3) is 89.3 Å². The molecule has 0 N–H and O–H groups in total. The number of pyridine rings is 1. The summed E-state index contributed by atoms with van der Waals surface area (Å²) in [4.78, 5) is 7.62. The number of allylic oxidation sites excluding steroid dienone is 4. The van der Waals surface area contributed by atoms with Gasteiger partial charge in [0.25, 0.3) is 0 Å². The first-order valence-corrected chi connectivity index (χ1v) is 22.2. The van der Waals surface area contributed by atoms with Crippen molar-refractivity contribution in [2.45, 2.75) is 0 Å². The molecule has 0 aliphatic carbocycles. The number of anilines is 2. The molecule has 0 saturated heterocycles. The average molecular weight is 832 g/mol. The minimum atomic E-state index is 0.648. The van der Waals surface area contributed by atoms with Crippen molar-refractivity contribution in [3.8, 4) is 72.8 Å². The van der Waals surface area contributed by atoms with Crippen LogP contribution in [0.1, 0.15) is 5.56 Å². The third kappa shape index (κ3) is 7.70. The number of aromatic nitrogens is 2. The third-order valence-electron chi connectivity index (χ3n) is 12.3. The zero-order valence-corrected chi connectivity index (χ0v) is 35.9. The maximum absolute atomic E-state index is 5.18. The van der Waals surface area contributed by atoms with Gasteiger partial charge in [-0.25, -0.2) is 4.98 Å². The molecule has 0 fully saturated rings. The SMILES string of the molecule is C=C1/C=C\C=C/CN(c2cccc(-c3cc(-c4ccccc4)nc(-c4ccccc4)c3)c2)c2ccccc2-c2c1c1ccccc1n2-c1cc(-c2ccccc2)cc(-c2ccccc2)c1. The smallest absolute Gasteiger partial charge is 0.0715 e. The Morgan fingerprint density at radius 1 is 0.415 bits per heavy atom. The van der Waals surface area contributed by atoms with Crippen LogP contribution in [0.3, 0.4) is 0 Å². The van der Waals surface area contributed by atoms with E-state index in [0.29, 0.717) is 6.54 Å². The van der Waals surface area contributed by atoms with Crippen LogP contribution < -0.4 is 4.90 Å². The Labute approximate surface area is 380 Å². The second kappa shape index (κ2) is 17.3. The number of nitrogens with zero attached hydrogens (tertiary/aromatic N) is 3. The molecule has 2 aromatic heterocycles. The largest absolute Gasteiger partial charge is 0.337 e. The van der Waals surface area contributed by atoms with Crippen molar-refractivity contribution in [3.63, 3.8) is 0 Å². The Hall–Kier alpha value is -8.53. The molecule has 1 aliphatic rings. The summed E-state index contributed by atoms with van der Waals surface area (Å²) in [5.74, 6) is 0. The lowest BCUT2D eigenvalue weighted by atomic mass is 9.96. The highest BCUT2D eigenvalue weighted by Gasteiger charge is 2.26. The molecule has 3 heteroatoms. The fourth-order valence-electron chi connectivity index (χ4n) is 9.24. The van der Waals surface area contributed by atoms with Crippen LogP contribution >= 0.6 is 0 Å². The minimum Gasteiger partial charge on any atom is -0.337 e. The maximum Gasteiger partial charge on any atom is 0.0715 e. The van der Waals surface area contributed by atoms with E-state index < -0.39 is 0 Å². The van der Waals surface area contributed by atoms with Crippen LogP contribution in [-0.2, 0) is 0 Å². The highest BCUT2D eigenvalue weighted by molar-refractivity contribution is 6.06. The lowest BCUT2D eigenvalue weighted by Gasteiger charge is -2.28. The van der Waals surface area contributed by atoms with Crippen molar-refractivity contribution in [2.75, 3.05) is 11.4 Å². The predicted octanol–water partition coefficient (Wildman–Crippen LogP) is 16.3. The van der Waals surface area contributed by atoms with Crippen molar-refractivity contribution in [3.05, 3.63) is 261 Å². The highest BCUT2D eigenvalue weighted by atomic mass is 15.1. The van der Waals surface area contributed by atoms with Gasteiger partial charge in [-0.05, 0) is 93.6 Å². The molecule has 65 heavy (non-hydrogen) atoms. The molecule has 0 atom stereocenters. The fraction of sp³-hybridized carbons (Fsp3) is 0.0161. The molecule has 3 heterocycles. The van der Waals surface area contributed by atoms with Gasteiger partial charge in [-0.2, -0.15) is 0 Å². The second-order valence-corrected chi connectivity index (χ2v) is 16.4. The van der Waals surface area contributed by atoms with E-state index in [2.05, 4.69) is 258 Å². The van der Waals surface area contributed by atoms with Crippen LogP contribution in [0.15, 0.2) is 255 Å². The summed E-state index contributed by atoms with van der Waals surface area (Å²) in [6.07, 6.45) is 8.65. The zero-order chi connectivity index (χ0) is 43.5. The Morgan fingerprint density at radius 3 is 1.58 bits per heavy atom. The van der Waals surface area contributed by atoms with Crippen molar-refractivity contribution < 1.29 is 0 Å². The van der Waals surface area contributed by atoms with Crippen LogP contribution in [-0.4, -0.2) is 16.1 Å². The van der Waals surface area contributed by atoms with E-state index in [9.17, 15) is 0 Å². The van der Waals surface area contributed by atoms with Gasteiger partial charge in [0, 0.05) is 45.6 Å². The van der Waals surface area contributed by atoms with Crippen molar-refractivity contribution in [2.24, 2.45) is 0 Å². The number of rotatable bonds is 7. The number of hydrogen-bond acceptors (Lipinski definition) is 2. The quantitative estimate of drug-likeness (QED) is 0.160. The summed E-state index contributed by atoms with van der Waals surface area (Å²) in [5.41, 5.74) is 19.6. The van der Waals surface area contributed by atoms with Crippen molar-refractivity contribution in [1.82, 2.24) is 9.55 Å². The van der Waals surface area contributed by atoms with Crippen molar-refractivity contribution >= 4 is 27.9 Å². The summed E-state index contributed by atoms with van der Waals surface area (Å²) >= 11 is 0. The van der Waals surface area contributed by atoms with E-state index in [4.69, 9.17) is 11.6 Å². The van der Waals surface area contributed by atoms with Crippen molar-refractivity contribution in [1.29, 1.82) is 0 Å². The molecule has 308 valence electrons. The monoisotopic (exact) mass is 831 g/mol. The number of hydrogen-bond donors (Lipinski definition) is 0. The van der Waals surface area contributed by atoms with E-state index >= 15 is 0 Å². The lowest BCUT2D eigenvalue weighted by Crippen LogP contribution is -2.18. The molecule has 0 saturated carbocycles. The Kier molecular flexibility index (Phi) is 10.5. The molecular formula is C62H45N3. The number of para-hydroxylation sites is 2. The molecule has 8 aromatic carbocycles. The Morgan fingerprint density at radius 2 is 0.938 bits per heavy atom. The summed E-state index contributed by atoms with van der Waals surface area (Å²) < 4.78 is 2.47. The third-order valence-corrected chi connectivity index (χ3v) is 12.3. The van der Waals surface area contributed by atoms with Crippen LogP contribution in [0, 0.1) is 0 Å². The molecule has 11 rings (SSSR count). The van der Waals surface area contributed by atoms with E-state index in [1.54, 1.807) is 0 Å². The van der Waals surface area contributed by atoms with Gasteiger partial charge in [0.15, 0.2) is 0 Å². The van der Waals surface area contributed by atoms with Gasteiger partial charge in [-0.1, -0.05) is 201 Å². The fourth-order valence-corrected chi connectivity index (χ4v) is 9.24. The molecular weight excluding hydrogens is 787 g/mol. The van der Waals surface area contributed by atoms with Gasteiger partial charge < -0.3 is 9.47 Å². The Bertz CT molecular complexity index is 3280. The normalized spacial score (nSPS) is 13.4. The zero-order valence-electron chi connectivity index (χ0n) is 35.9. The molecule has 3 nitrogen and oxygen atoms in total. The van der Waals surface area contributed by atoms with Gasteiger partial charge in [0.2, 0.25) is 0 Å². The van der Waals surface area contributed by atoms with Crippen LogP contribution in [0.5, 0.6) is 0 Å². The maximum atomic E-state index is 5.18. The van der Waals surface area contributed by atoms with E-state index in [-0.39, 0.29) is 0 Å². The van der Waals surface area contributed by atoms with Crippen LogP contribution in [0.2, 0.25) is 0 Å². The molecule has 0 bridgehead atoms. The van der Waals surface area contributed by atoms with E-state index in [1.807, 2.05) is 0 Å². The number of benzene rings is 8. The summed E-state index contributed by atoms with van der Waals surface area (Å²) in [7, 11) is 0. The first-order valence-electron chi connectivity index (χ1n) is 22.2. The number of fused-ring (bicyclic) bond motifs is 5. The summed E-state index contributed by atoms with van der Waals surface area (Å²) in [6.45, 7) is 5.40. The standard InChI is InChI=1S/C62H45N3/c1-44-22-7-6-20-37-64(53-32-21-31-49(39-53)52-42-57(47-27-12-4-13-28-47)63-58(43-52)48-29-14-5-15-30-48)59-35-18-17-34-56(59)62-61(44)55-33-16-19-36-60(55)65(62)54-40-50(45-23-8-2-9-24-45)38-51(41-54)46-25-10-3-11-26-46/h2-36,38-43H,1,37H2/b20-6-,22-7-. The molecule has 1 aliphatic heterocycles. The van der Waals surface area contributed by atoms with Gasteiger partial charge in [-0.3, -0.25) is 0 Å². The van der Waals surface area contributed by atoms with Gasteiger partial charge >= 0.3 is 0 Å². The molecule has 0 unspecified atom stereocenters. The summed E-state index contributed by atoms with van der Waals surface area (Å²) in [6, 6.07) is 80.3. The first kappa shape index (κ1) is 39.3. The summed E-state index contributed by atoms with van der Waals surface area (Å²) in [5, 5.41) is 1.15. The van der Waals surface area contributed by atoms with E-state index in [0.717, 1.165) is 95.1 Å². The van der Waals surface area contributed by atoms with Gasteiger partial charge in [-0.15, -0.1) is 0 Å². The lowest BCUT2D eigenvalue weighted by molar-refractivity contribution is 1.08.